The van der Waals surface area contributed by atoms with E-state index in [1.165, 1.54) is 0 Å². The predicted octanol–water partition coefficient (Wildman–Crippen LogP) is 2.06. The average molecular weight is 264 g/mol. The Labute approximate surface area is 115 Å². The standard InChI is InChI=1S/C15H24N2O2/c1-2-16-12-13-7-9-17(10-8-13)15(18)6-5-14-4-3-11-19-14/h3-4,11,13,16H,2,5-10,12H2,1H3. The summed E-state index contributed by atoms with van der Waals surface area (Å²) in [6, 6.07) is 3.79. The van der Waals surface area contributed by atoms with Crippen LogP contribution in [0.4, 0.5) is 0 Å². The van der Waals surface area contributed by atoms with Crippen LogP contribution >= 0.6 is 0 Å². The monoisotopic (exact) mass is 264 g/mol. The van der Waals surface area contributed by atoms with Crippen LogP contribution in [-0.2, 0) is 11.2 Å². The lowest BCUT2D eigenvalue weighted by Crippen LogP contribution is -2.40. The van der Waals surface area contributed by atoms with Gasteiger partial charge in [-0.25, -0.2) is 0 Å². The molecule has 0 saturated carbocycles. The number of hydrogen-bond donors (Lipinski definition) is 1. The zero-order valence-electron chi connectivity index (χ0n) is 11.7. The molecule has 1 aromatic rings. The highest BCUT2D eigenvalue weighted by atomic mass is 16.3. The van der Waals surface area contributed by atoms with Crippen molar-refractivity contribution in [1.29, 1.82) is 0 Å². The van der Waals surface area contributed by atoms with Crippen molar-refractivity contribution in [1.82, 2.24) is 10.2 Å². The molecule has 4 heteroatoms. The Morgan fingerprint density at radius 2 is 2.26 bits per heavy atom. The molecule has 0 aromatic carbocycles. The number of hydrogen-bond acceptors (Lipinski definition) is 3. The summed E-state index contributed by atoms with van der Waals surface area (Å²) in [5.41, 5.74) is 0. The van der Waals surface area contributed by atoms with Crippen LogP contribution in [0.3, 0.4) is 0 Å². The van der Waals surface area contributed by atoms with Gasteiger partial charge in [0.2, 0.25) is 5.91 Å². The van der Waals surface area contributed by atoms with Gasteiger partial charge in [0.1, 0.15) is 5.76 Å². The van der Waals surface area contributed by atoms with E-state index >= 15 is 0 Å². The third-order valence-electron chi connectivity index (χ3n) is 3.82. The number of nitrogens with one attached hydrogen (secondary N) is 1. The smallest absolute Gasteiger partial charge is 0.223 e. The summed E-state index contributed by atoms with van der Waals surface area (Å²) >= 11 is 0. The van der Waals surface area contributed by atoms with E-state index in [-0.39, 0.29) is 5.91 Å². The molecule has 0 atom stereocenters. The maximum absolute atomic E-state index is 12.1. The molecule has 0 radical (unpaired) electrons. The number of carbonyl (C=O) groups is 1. The molecule has 1 saturated heterocycles. The molecule has 4 nitrogen and oxygen atoms in total. The van der Waals surface area contributed by atoms with Crippen molar-refractivity contribution in [2.24, 2.45) is 5.92 Å². The van der Waals surface area contributed by atoms with Gasteiger partial charge >= 0.3 is 0 Å². The third-order valence-corrected chi connectivity index (χ3v) is 3.82. The van der Waals surface area contributed by atoms with Gasteiger partial charge in [-0.3, -0.25) is 4.79 Å². The molecular formula is C15H24N2O2. The number of rotatable bonds is 6. The Morgan fingerprint density at radius 1 is 1.47 bits per heavy atom. The van der Waals surface area contributed by atoms with Crippen molar-refractivity contribution in [2.75, 3.05) is 26.2 Å². The van der Waals surface area contributed by atoms with Gasteiger partial charge < -0.3 is 14.6 Å². The van der Waals surface area contributed by atoms with Crippen molar-refractivity contribution in [3.05, 3.63) is 24.2 Å². The van der Waals surface area contributed by atoms with Gasteiger partial charge in [-0.2, -0.15) is 0 Å². The van der Waals surface area contributed by atoms with Crippen molar-refractivity contribution in [2.45, 2.75) is 32.6 Å². The number of likely N-dealkylation sites (tertiary alicyclic amines) is 1. The van der Waals surface area contributed by atoms with Crippen molar-refractivity contribution in [3.8, 4) is 0 Å². The summed E-state index contributed by atoms with van der Waals surface area (Å²) in [6.45, 7) is 6.07. The number of piperidine rings is 1. The first-order valence-electron chi connectivity index (χ1n) is 7.30. The van der Waals surface area contributed by atoms with E-state index in [0.717, 1.165) is 50.7 Å². The second-order valence-corrected chi connectivity index (χ2v) is 5.21. The Balaban J connectivity index is 1.67. The largest absolute Gasteiger partial charge is 0.469 e. The summed E-state index contributed by atoms with van der Waals surface area (Å²) in [6.07, 6.45) is 5.18. The Morgan fingerprint density at radius 3 is 2.89 bits per heavy atom. The van der Waals surface area contributed by atoms with Crippen molar-refractivity contribution < 1.29 is 9.21 Å². The topological polar surface area (TPSA) is 45.5 Å². The maximum Gasteiger partial charge on any atom is 0.223 e. The Hall–Kier alpha value is -1.29. The molecule has 19 heavy (non-hydrogen) atoms. The molecule has 2 heterocycles. The minimum absolute atomic E-state index is 0.262. The third kappa shape index (κ3) is 4.39. The quantitative estimate of drug-likeness (QED) is 0.855. The average Bonchev–Trinajstić information content (AvgIpc) is 2.96. The van der Waals surface area contributed by atoms with Gasteiger partial charge in [-0.1, -0.05) is 6.92 Å². The van der Waals surface area contributed by atoms with Crippen LogP contribution in [0.15, 0.2) is 22.8 Å². The second kappa shape index (κ2) is 7.34. The van der Waals surface area contributed by atoms with Crippen molar-refractivity contribution >= 4 is 5.91 Å². The second-order valence-electron chi connectivity index (χ2n) is 5.21. The number of furan rings is 1. The number of carbonyl (C=O) groups excluding carboxylic acids is 1. The predicted molar refractivity (Wildman–Crippen MR) is 74.9 cm³/mol. The van der Waals surface area contributed by atoms with Crippen LogP contribution in [0.2, 0.25) is 0 Å². The number of nitrogens with zero attached hydrogens (tertiary/aromatic N) is 1. The van der Waals surface area contributed by atoms with Gasteiger partial charge in [-0.05, 0) is 44.0 Å². The van der Waals surface area contributed by atoms with Gasteiger partial charge in [0.15, 0.2) is 0 Å². The van der Waals surface area contributed by atoms with Crippen LogP contribution in [-0.4, -0.2) is 37.0 Å². The highest BCUT2D eigenvalue weighted by molar-refractivity contribution is 5.76. The summed E-state index contributed by atoms with van der Waals surface area (Å²) < 4.78 is 5.25. The van der Waals surface area contributed by atoms with Gasteiger partial charge in [0.05, 0.1) is 6.26 Å². The molecule has 0 unspecified atom stereocenters. The van der Waals surface area contributed by atoms with E-state index in [1.807, 2.05) is 17.0 Å². The molecule has 0 aliphatic carbocycles. The van der Waals surface area contributed by atoms with Crippen LogP contribution in [0, 0.1) is 5.92 Å². The molecule has 1 N–H and O–H groups in total. The fraction of sp³-hybridized carbons (Fsp3) is 0.667. The molecule has 1 aromatic heterocycles. The molecular weight excluding hydrogens is 240 g/mol. The maximum atomic E-state index is 12.1. The molecule has 1 aliphatic rings. The molecule has 1 fully saturated rings. The van der Waals surface area contributed by atoms with Crippen molar-refractivity contribution in [3.63, 3.8) is 0 Å². The van der Waals surface area contributed by atoms with E-state index in [0.29, 0.717) is 12.8 Å². The summed E-state index contributed by atoms with van der Waals surface area (Å²) in [5, 5.41) is 3.39. The molecule has 0 spiro atoms. The highest BCUT2D eigenvalue weighted by Gasteiger charge is 2.22. The van der Waals surface area contributed by atoms with E-state index in [2.05, 4.69) is 12.2 Å². The van der Waals surface area contributed by atoms with Crippen LogP contribution in [0.25, 0.3) is 0 Å². The Bertz CT molecular complexity index is 368. The van der Waals surface area contributed by atoms with E-state index in [4.69, 9.17) is 4.42 Å². The van der Waals surface area contributed by atoms with Gasteiger partial charge in [0.25, 0.3) is 0 Å². The molecule has 1 amide bonds. The summed E-state index contributed by atoms with van der Waals surface area (Å²) in [4.78, 5) is 14.1. The molecule has 1 aliphatic heterocycles. The minimum atomic E-state index is 0.262. The molecule has 106 valence electrons. The van der Waals surface area contributed by atoms with Gasteiger partial charge in [0, 0.05) is 25.9 Å². The number of aryl methyl sites for hydroxylation is 1. The first-order valence-corrected chi connectivity index (χ1v) is 7.30. The van der Waals surface area contributed by atoms with E-state index < -0.39 is 0 Å². The number of amides is 1. The zero-order valence-corrected chi connectivity index (χ0v) is 11.7. The minimum Gasteiger partial charge on any atom is -0.469 e. The van der Waals surface area contributed by atoms with Crippen LogP contribution in [0.5, 0.6) is 0 Å². The zero-order chi connectivity index (χ0) is 13.5. The first-order chi connectivity index (χ1) is 9.29. The summed E-state index contributed by atoms with van der Waals surface area (Å²) in [7, 11) is 0. The normalized spacial score (nSPS) is 16.8. The van der Waals surface area contributed by atoms with E-state index in [1.54, 1.807) is 6.26 Å². The lowest BCUT2D eigenvalue weighted by molar-refractivity contribution is -0.132. The Kier molecular flexibility index (Phi) is 5.45. The fourth-order valence-corrected chi connectivity index (χ4v) is 2.58. The summed E-state index contributed by atoms with van der Waals surface area (Å²) in [5.74, 6) is 1.89. The van der Waals surface area contributed by atoms with Crippen LogP contribution < -0.4 is 5.32 Å². The first kappa shape index (κ1) is 14.1. The fourth-order valence-electron chi connectivity index (χ4n) is 2.58. The van der Waals surface area contributed by atoms with Crippen LogP contribution in [0.1, 0.15) is 31.9 Å². The highest BCUT2D eigenvalue weighted by Crippen LogP contribution is 2.17. The SMILES string of the molecule is CCNCC1CCN(C(=O)CCc2ccco2)CC1. The lowest BCUT2D eigenvalue weighted by Gasteiger charge is -2.32. The van der Waals surface area contributed by atoms with Gasteiger partial charge in [-0.15, -0.1) is 0 Å². The lowest BCUT2D eigenvalue weighted by atomic mass is 9.96. The van der Waals surface area contributed by atoms with E-state index in [9.17, 15) is 4.79 Å². The molecule has 2 rings (SSSR count). The molecule has 0 bridgehead atoms.